The Morgan fingerprint density at radius 2 is 2.05 bits per heavy atom. The molecule has 0 radical (unpaired) electrons. The molecule has 2 aromatic heterocycles. The summed E-state index contributed by atoms with van der Waals surface area (Å²) in [4.78, 5) is 31.0. The summed E-state index contributed by atoms with van der Waals surface area (Å²) >= 11 is 0. The van der Waals surface area contributed by atoms with E-state index in [1.54, 1.807) is 12.3 Å². The smallest absolute Gasteiger partial charge is 0.335 e. The van der Waals surface area contributed by atoms with E-state index in [0.29, 0.717) is 12.1 Å². The quantitative estimate of drug-likeness (QED) is 0.869. The average molecular weight is 271 g/mol. The molecular weight excluding hydrogens is 258 g/mol. The van der Waals surface area contributed by atoms with Gasteiger partial charge in [0.05, 0.1) is 5.56 Å². The summed E-state index contributed by atoms with van der Waals surface area (Å²) < 4.78 is 0. The van der Waals surface area contributed by atoms with Gasteiger partial charge >= 0.3 is 5.97 Å². The highest BCUT2D eigenvalue weighted by Gasteiger charge is 2.13. The minimum atomic E-state index is -1.10. The molecule has 2 rings (SSSR count). The van der Waals surface area contributed by atoms with E-state index in [1.807, 2.05) is 12.1 Å². The van der Waals surface area contributed by atoms with Crippen molar-refractivity contribution in [3.63, 3.8) is 0 Å². The maximum absolute atomic E-state index is 11.6. The van der Waals surface area contributed by atoms with Gasteiger partial charge in [-0.05, 0) is 24.3 Å². The van der Waals surface area contributed by atoms with Crippen LogP contribution < -0.4 is 5.32 Å². The summed E-state index contributed by atoms with van der Waals surface area (Å²) in [7, 11) is 1.47. The first-order valence-electron chi connectivity index (χ1n) is 5.96. The second kappa shape index (κ2) is 5.92. The van der Waals surface area contributed by atoms with Gasteiger partial charge in [-0.1, -0.05) is 6.07 Å². The predicted molar refractivity (Wildman–Crippen MR) is 71.6 cm³/mol. The molecule has 0 spiro atoms. The molecule has 0 saturated heterocycles. The molecule has 0 saturated carbocycles. The highest BCUT2D eigenvalue weighted by atomic mass is 16.4. The molecule has 0 bridgehead atoms. The lowest BCUT2D eigenvalue weighted by Gasteiger charge is -2.06. The van der Waals surface area contributed by atoms with E-state index in [1.165, 1.54) is 19.2 Å². The molecule has 6 nitrogen and oxygen atoms in total. The van der Waals surface area contributed by atoms with E-state index in [-0.39, 0.29) is 11.3 Å². The minimum Gasteiger partial charge on any atom is -0.478 e. The maximum Gasteiger partial charge on any atom is 0.335 e. The highest BCUT2D eigenvalue weighted by molar-refractivity contribution is 5.95. The Kier molecular flexibility index (Phi) is 4.05. The van der Waals surface area contributed by atoms with Crippen LogP contribution in [0.5, 0.6) is 0 Å². The van der Waals surface area contributed by atoms with Gasteiger partial charge < -0.3 is 10.4 Å². The first-order chi connectivity index (χ1) is 9.60. The largest absolute Gasteiger partial charge is 0.478 e. The molecule has 2 N–H and O–H groups in total. The molecule has 0 aromatic carbocycles. The van der Waals surface area contributed by atoms with Gasteiger partial charge in [0.2, 0.25) is 0 Å². The van der Waals surface area contributed by atoms with Gasteiger partial charge in [0, 0.05) is 31.1 Å². The molecule has 0 aliphatic carbocycles. The van der Waals surface area contributed by atoms with Crippen molar-refractivity contribution in [1.82, 2.24) is 15.3 Å². The first-order valence-corrected chi connectivity index (χ1v) is 5.96. The number of amides is 1. The fourth-order valence-electron chi connectivity index (χ4n) is 1.73. The van der Waals surface area contributed by atoms with Crippen molar-refractivity contribution < 1.29 is 14.7 Å². The lowest BCUT2D eigenvalue weighted by Crippen LogP contribution is -2.20. The molecule has 2 heterocycles. The molecule has 1 amide bonds. The number of hydrogen-bond donors (Lipinski definition) is 2. The van der Waals surface area contributed by atoms with Gasteiger partial charge in [-0.2, -0.15) is 0 Å². The van der Waals surface area contributed by atoms with Crippen molar-refractivity contribution in [2.75, 3.05) is 7.05 Å². The van der Waals surface area contributed by atoms with Gasteiger partial charge in [-0.3, -0.25) is 9.78 Å². The van der Waals surface area contributed by atoms with Crippen molar-refractivity contribution in [2.45, 2.75) is 6.42 Å². The lowest BCUT2D eigenvalue weighted by atomic mass is 10.1. The number of carbonyl (C=O) groups excluding carboxylic acids is 1. The van der Waals surface area contributed by atoms with Crippen molar-refractivity contribution in [3.8, 4) is 0 Å². The average Bonchev–Trinajstić information content (AvgIpc) is 2.47. The van der Waals surface area contributed by atoms with Crippen LogP contribution in [-0.2, 0) is 6.42 Å². The number of pyridine rings is 2. The molecular formula is C14H13N3O3. The first kappa shape index (κ1) is 13.7. The summed E-state index contributed by atoms with van der Waals surface area (Å²) in [6.07, 6.45) is 2.02. The van der Waals surface area contributed by atoms with E-state index in [2.05, 4.69) is 15.3 Å². The van der Waals surface area contributed by atoms with Crippen molar-refractivity contribution >= 4 is 11.9 Å². The fourth-order valence-corrected chi connectivity index (χ4v) is 1.73. The third kappa shape index (κ3) is 3.17. The van der Waals surface area contributed by atoms with E-state index in [4.69, 9.17) is 5.11 Å². The van der Waals surface area contributed by atoms with Gasteiger partial charge in [-0.15, -0.1) is 0 Å². The van der Waals surface area contributed by atoms with Crippen LogP contribution in [0.1, 0.15) is 32.2 Å². The summed E-state index contributed by atoms with van der Waals surface area (Å²) in [6.45, 7) is 0. The number of nitrogens with one attached hydrogen (secondary N) is 1. The van der Waals surface area contributed by atoms with E-state index in [9.17, 15) is 9.59 Å². The van der Waals surface area contributed by atoms with Crippen LogP contribution in [0.4, 0.5) is 0 Å². The molecule has 0 atom stereocenters. The SMILES string of the molecule is CNC(=O)c1cc(C(=O)O)cc(Cc2ccccn2)n1. The number of carboxylic acid groups (broad SMARTS) is 1. The lowest BCUT2D eigenvalue weighted by molar-refractivity contribution is 0.0696. The van der Waals surface area contributed by atoms with Crippen LogP contribution in [-0.4, -0.2) is 34.0 Å². The van der Waals surface area contributed by atoms with Gasteiger partial charge in [0.1, 0.15) is 5.69 Å². The number of carbonyl (C=O) groups is 2. The molecule has 102 valence electrons. The third-order valence-electron chi connectivity index (χ3n) is 2.67. The molecule has 0 unspecified atom stereocenters. The van der Waals surface area contributed by atoms with E-state index in [0.717, 1.165) is 5.69 Å². The van der Waals surface area contributed by atoms with Crippen molar-refractivity contribution in [3.05, 3.63) is 59.2 Å². The van der Waals surface area contributed by atoms with Crippen molar-refractivity contribution in [1.29, 1.82) is 0 Å². The summed E-state index contributed by atoms with van der Waals surface area (Å²) in [5.41, 5.74) is 1.36. The van der Waals surface area contributed by atoms with Crippen LogP contribution in [0.25, 0.3) is 0 Å². The zero-order valence-corrected chi connectivity index (χ0v) is 10.8. The monoisotopic (exact) mass is 271 g/mol. The number of aromatic nitrogens is 2. The third-order valence-corrected chi connectivity index (χ3v) is 2.67. The number of aromatic carboxylic acids is 1. The summed E-state index contributed by atoms with van der Waals surface area (Å²) in [5.74, 6) is -1.52. The summed E-state index contributed by atoms with van der Waals surface area (Å²) in [5, 5.41) is 11.5. The molecule has 0 aliphatic heterocycles. The standard InChI is InChI=1S/C14H13N3O3/c1-15-13(18)12-7-9(14(19)20)6-11(17-12)8-10-4-2-3-5-16-10/h2-7H,8H2,1H3,(H,15,18)(H,19,20). The molecule has 20 heavy (non-hydrogen) atoms. The van der Waals surface area contributed by atoms with E-state index >= 15 is 0 Å². The Balaban J connectivity index is 2.39. The van der Waals surface area contributed by atoms with Crippen molar-refractivity contribution in [2.24, 2.45) is 0 Å². The minimum absolute atomic E-state index is 0.0320. The van der Waals surface area contributed by atoms with Gasteiger partial charge in [0.15, 0.2) is 0 Å². The van der Waals surface area contributed by atoms with E-state index < -0.39 is 11.9 Å². The van der Waals surface area contributed by atoms with Crippen LogP contribution in [0.3, 0.4) is 0 Å². The number of rotatable bonds is 4. The van der Waals surface area contributed by atoms with Crippen LogP contribution in [0.2, 0.25) is 0 Å². The highest BCUT2D eigenvalue weighted by Crippen LogP contribution is 2.10. The van der Waals surface area contributed by atoms with Crippen LogP contribution in [0.15, 0.2) is 36.5 Å². The molecule has 0 aliphatic rings. The maximum atomic E-state index is 11.6. The Morgan fingerprint density at radius 1 is 1.25 bits per heavy atom. The zero-order chi connectivity index (χ0) is 14.5. The predicted octanol–water partition coefficient (Wildman–Crippen LogP) is 1.13. The number of nitrogens with zero attached hydrogens (tertiary/aromatic N) is 2. The Hall–Kier alpha value is -2.76. The molecule has 0 fully saturated rings. The Labute approximate surface area is 115 Å². The zero-order valence-electron chi connectivity index (χ0n) is 10.8. The Morgan fingerprint density at radius 3 is 2.65 bits per heavy atom. The second-order valence-corrected chi connectivity index (χ2v) is 4.11. The topological polar surface area (TPSA) is 92.2 Å². The number of carboxylic acids is 1. The Bertz CT molecular complexity index is 641. The fraction of sp³-hybridized carbons (Fsp3) is 0.143. The number of hydrogen-bond acceptors (Lipinski definition) is 4. The molecule has 2 aromatic rings. The summed E-state index contributed by atoms with van der Waals surface area (Å²) in [6, 6.07) is 8.14. The normalized spacial score (nSPS) is 10.1. The van der Waals surface area contributed by atoms with Gasteiger partial charge in [-0.25, -0.2) is 9.78 Å². The second-order valence-electron chi connectivity index (χ2n) is 4.11. The van der Waals surface area contributed by atoms with Gasteiger partial charge in [0.25, 0.3) is 5.91 Å². The molecule has 6 heteroatoms. The van der Waals surface area contributed by atoms with Crippen LogP contribution in [0, 0.1) is 0 Å². The van der Waals surface area contributed by atoms with Crippen LogP contribution >= 0.6 is 0 Å².